The fourth-order valence-corrected chi connectivity index (χ4v) is 4.21. The highest BCUT2D eigenvalue weighted by atomic mass is 35.5. The Morgan fingerprint density at radius 1 is 1.25 bits per heavy atom. The van der Waals surface area contributed by atoms with Gasteiger partial charge in [0.05, 0.1) is 10.4 Å². The molecule has 1 amide bonds. The predicted molar refractivity (Wildman–Crippen MR) is 85.8 cm³/mol. The molecule has 0 radical (unpaired) electrons. The van der Waals surface area contributed by atoms with Gasteiger partial charge in [-0.2, -0.15) is 0 Å². The van der Waals surface area contributed by atoms with Crippen LogP contribution in [0, 0.1) is 0 Å². The van der Waals surface area contributed by atoms with E-state index < -0.39 is 0 Å². The van der Waals surface area contributed by atoms with E-state index in [0.717, 1.165) is 40.6 Å². The number of halogens is 1. The van der Waals surface area contributed by atoms with Crippen molar-refractivity contribution in [2.24, 2.45) is 0 Å². The molecule has 1 N–H and O–H groups in total. The molecule has 1 saturated carbocycles. The van der Waals surface area contributed by atoms with Crippen molar-refractivity contribution in [3.05, 3.63) is 35.2 Å². The quantitative estimate of drug-likeness (QED) is 0.827. The zero-order valence-corrected chi connectivity index (χ0v) is 12.9. The number of fused-ring (bicyclic) bond motifs is 1. The predicted octanol–water partition coefficient (Wildman–Crippen LogP) is 4.57. The second-order valence-corrected chi connectivity index (χ2v) is 6.93. The summed E-state index contributed by atoms with van der Waals surface area (Å²) in [5.74, 6) is 0.526. The van der Waals surface area contributed by atoms with Crippen LogP contribution < -0.4 is 5.32 Å². The van der Waals surface area contributed by atoms with Gasteiger partial charge in [0.25, 0.3) is 5.91 Å². The van der Waals surface area contributed by atoms with E-state index in [2.05, 4.69) is 11.4 Å². The van der Waals surface area contributed by atoms with E-state index >= 15 is 0 Å². The first kappa shape index (κ1) is 13.9. The molecule has 1 heterocycles. The maximum atomic E-state index is 12.5. The van der Waals surface area contributed by atoms with Crippen LogP contribution in [0.1, 0.15) is 41.8 Å². The lowest BCUT2D eigenvalue weighted by Gasteiger charge is -2.36. The monoisotopic (exact) mass is 307 g/mol. The van der Waals surface area contributed by atoms with Gasteiger partial charge in [0.1, 0.15) is 0 Å². The highest BCUT2D eigenvalue weighted by Gasteiger charge is 2.33. The number of benzene rings is 1. The molecule has 1 aliphatic rings. The van der Waals surface area contributed by atoms with Crippen LogP contribution in [0.3, 0.4) is 0 Å². The third-order valence-corrected chi connectivity index (χ3v) is 5.72. The molecule has 0 spiro atoms. The Morgan fingerprint density at radius 3 is 2.70 bits per heavy atom. The number of hydrogen-bond acceptors (Lipinski definition) is 2. The number of alkyl halides is 1. The summed E-state index contributed by atoms with van der Waals surface area (Å²) in [4.78, 5) is 13.3. The average molecular weight is 308 g/mol. The van der Waals surface area contributed by atoms with Crippen LogP contribution in [-0.4, -0.2) is 17.3 Å². The normalized spacial score (nSPS) is 18.1. The molecule has 0 bridgehead atoms. The Labute approximate surface area is 128 Å². The van der Waals surface area contributed by atoms with Gasteiger partial charge in [0.2, 0.25) is 0 Å². The average Bonchev–Trinajstić information content (AvgIpc) is 2.92. The van der Waals surface area contributed by atoms with Crippen molar-refractivity contribution in [3.63, 3.8) is 0 Å². The number of rotatable bonds is 3. The van der Waals surface area contributed by atoms with E-state index in [1.54, 1.807) is 11.3 Å². The van der Waals surface area contributed by atoms with Crippen LogP contribution in [0.15, 0.2) is 30.3 Å². The summed E-state index contributed by atoms with van der Waals surface area (Å²) in [5.41, 5.74) is -0.201. The van der Waals surface area contributed by atoms with Crippen molar-refractivity contribution >= 4 is 38.9 Å². The summed E-state index contributed by atoms with van der Waals surface area (Å²) in [6, 6.07) is 10.1. The first-order valence-electron chi connectivity index (χ1n) is 7.09. The van der Waals surface area contributed by atoms with Gasteiger partial charge in [-0.15, -0.1) is 22.9 Å². The minimum absolute atomic E-state index is 0.0220. The molecule has 1 aromatic carbocycles. The summed E-state index contributed by atoms with van der Waals surface area (Å²) in [7, 11) is 0. The Hall–Kier alpha value is -1.06. The van der Waals surface area contributed by atoms with Crippen molar-refractivity contribution in [1.29, 1.82) is 0 Å². The molecule has 2 aromatic rings. The van der Waals surface area contributed by atoms with Gasteiger partial charge in [0, 0.05) is 10.6 Å². The van der Waals surface area contributed by atoms with Crippen molar-refractivity contribution in [1.82, 2.24) is 5.32 Å². The Kier molecular flexibility index (Phi) is 3.99. The molecular weight excluding hydrogens is 290 g/mol. The summed E-state index contributed by atoms with van der Waals surface area (Å²) in [6.07, 6.45) is 5.54. The van der Waals surface area contributed by atoms with Gasteiger partial charge in [-0.25, -0.2) is 0 Å². The highest BCUT2D eigenvalue weighted by molar-refractivity contribution is 7.20. The third-order valence-electron chi connectivity index (χ3n) is 4.09. The molecule has 2 nitrogen and oxygen atoms in total. The minimum Gasteiger partial charge on any atom is -0.345 e. The molecule has 4 heteroatoms. The Balaban J connectivity index is 1.81. The van der Waals surface area contributed by atoms with Crippen LogP contribution in [0.2, 0.25) is 0 Å². The first-order valence-corrected chi connectivity index (χ1v) is 8.45. The summed E-state index contributed by atoms with van der Waals surface area (Å²) < 4.78 is 1.15. The maximum absolute atomic E-state index is 12.5. The summed E-state index contributed by atoms with van der Waals surface area (Å²) >= 11 is 7.68. The van der Waals surface area contributed by atoms with E-state index in [9.17, 15) is 4.79 Å². The van der Waals surface area contributed by atoms with Crippen molar-refractivity contribution in [2.75, 3.05) is 5.88 Å². The number of carbonyl (C=O) groups is 1. The zero-order chi connectivity index (χ0) is 14.0. The van der Waals surface area contributed by atoms with Crippen LogP contribution in [0.4, 0.5) is 0 Å². The van der Waals surface area contributed by atoms with Crippen molar-refractivity contribution < 1.29 is 4.79 Å². The Bertz CT molecular complexity index is 583. The van der Waals surface area contributed by atoms with Crippen molar-refractivity contribution in [2.45, 2.75) is 37.6 Å². The van der Waals surface area contributed by atoms with Gasteiger partial charge >= 0.3 is 0 Å². The second kappa shape index (κ2) is 5.74. The van der Waals surface area contributed by atoms with E-state index in [1.807, 2.05) is 24.3 Å². The lowest BCUT2D eigenvalue weighted by atomic mass is 9.83. The number of amides is 1. The molecule has 106 valence electrons. The van der Waals surface area contributed by atoms with Crippen molar-refractivity contribution in [3.8, 4) is 0 Å². The third kappa shape index (κ3) is 2.70. The van der Waals surface area contributed by atoms with E-state index in [0.29, 0.717) is 5.88 Å². The fraction of sp³-hybridized carbons (Fsp3) is 0.438. The van der Waals surface area contributed by atoms with Gasteiger partial charge in [-0.1, -0.05) is 37.5 Å². The zero-order valence-electron chi connectivity index (χ0n) is 11.3. The fourth-order valence-electron chi connectivity index (χ4n) is 2.92. The molecule has 0 unspecified atom stereocenters. The molecule has 0 aliphatic heterocycles. The Morgan fingerprint density at radius 2 is 2.00 bits per heavy atom. The molecular formula is C16H18ClNOS. The van der Waals surface area contributed by atoms with Gasteiger partial charge < -0.3 is 5.32 Å². The molecule has 0 saturated heterocycles. The summed E-state index contributed by atoms with van der Waals surface area (Å²) in [5, 5.41) is 4.33. The largest absolute Gasteiger partial charge is 0.345 e. The van der Waals surface area contributed by atoms with Gasteiger partial charge in [0.15, 0.2) is 0 Å². The van der Waals surface area contributed by atoms with Gasteiger partial charge in [-0.05, 0) is 30.4 Å². The number of hydrogen-bond donors (Lipinski definition) is 1. The second-order valence-electron chi connectivity index (χ2n) is 5.58. The lowest BCUT2D eigenvalue weighted by molar-refractivity contribution is 0.0889. The maximum Gasteiger partial charge on any atom is 0.261 e. The molecule has 20 heavy (non-hydrogen) atoms. The smallest absolute Gasteiger partial charge is 0.261 e. The molecule has 3 rings (SSSR count). The lowest BCUT2D eigenvalue weighted by Crippen LogP contribution is -2.51. The number of thiophene rings is 1. The molecule has 0 atom stereocenters. The number of carbonyl (C=O) groups excluding carboxylic acids is 1. The van der Waals surface area contributed by atoms with E-state index in [-0.39, 0.29) is 11.4 Å². The van der Waals surface area contributed by atoms with Crippen LogP contribution in [-0.2, 0) is 0 Å². The molecule has 1 fully saturated rings. The van der Waals surface area contributed by atoms with Crippen LogP contribution in [0.25, 0.3) is 10.1 Å². The van der Waals surface area contributed by atoms with Crippen LogP contribution in [0.5, 0.6) is 0 Å². The molecule has 1 aliphatic carbocycles. The molecule has 1 aromatic heterocycles. The first-order chi connectivity index (χ1) is 9.72. The van der Waals surface area contributed by atoms with Gasteiger partial charge in [-0.3, -0.25) is 4.79 Å². The van der Waals surface area contributed by atoms with E-state index in [1.165, 1.54) is 6.42 Å². The minimum atomic E-state index is -0.201. The van der Waals surface area contributed by atoms with E-state index in [4.69, 9.17) is 11.6 Å². The highest BCUT2D eigenvalue weighted by Crippen LogP contribution is 2.31. The standard InChI is InChI=1S/C16H18ClNOS/c17-11-16(8-4-1-5-9-16)18-15(19)14-10-12-6-2-3-7-13(12)20-14/h2-3,6-7,10H,1,4-5,8-9,11H2,(H,18,19). The van der Waals surface area contributed by atoms with Crippen LogP contribution >= 0.6 is 22.9 Å². The topological polar surface area (TPSA) is 29.1 Å². The number of nitrogens with one attached hydrogen (secondary N) is 1. The summed E-state index contributed by atoms with van der Waals surface area (Å²) in [6.45, 7) is 0. The SMILES string of the molecule is O=C(NC1(CCl)CCCCC1)c1cc2ccccc2s1.